The minimum absolute atomic E-state index is 0.0850. The highest BCUT2D eigenvalue weighted by Gasteiger charge is 2.35. The molecule has 242 valence electrons. The van der Waals surface area contributed by atoms with Gasteiger partial charge >= 0.3 is 0 Å². The highest BCUT2D eigenvalue weighted by molar-refractivity contribution is 6.65. The van der Waals surface area contributed by atoms with Crippen LogP contribution in [-0.2, 0) is 5.41 Å². The predicted octanol–water partition coefficient (Wildman–Crippen LogP) is 11.3. The smallest absolute Gasteiger partial charge is 0.131 e. The summed E-state index contributed by atoms with van der Waals surface area (Å²) in [7, 11) is 1.34. The Morgan fingerprint density at radius 2 is 1.21 bits per heavy atom. The molecule has 0 saturated heterocycles. The van der Waals surface area contributed by atoms with E-state index in [-0.39, 0.29) is 17.5 Å². The maximum Gasteiger partial charge on any atom is 0.131 e. The zero-order chi connectivity index (χ0) is 33.9. The lowest BCUT2D eigenvalue weighted by Crippen LogP contribution is -2.27. The number of hydrogen-bond acceptors (Lipinski definition) is 2. The van der Waals surface area contributed by atoms with Crippen molar-refractivity contribution in [2.45, 2.75) is 92.9 Å². The Kier molecular flexibility index (Phi) is 8.70. The average molecular weight is 638 g/mol. The van der Waals surface area contributed by atoms with E-state index in [9.17, 15) is 0 Å². The van der Waals surface area contributed by atoms with Gasteiger partial charge in [0.05, 0.1) is 19.2 Å². The molecular weight excluding hydrogens is 587 g/mol. The van der Waals surface area contributed by atoms with Crippen LogP contribution in [0.25, 0.3) is 34.4 Å². The van der Waals surface area contributed by atoms with E-state index in [2.05, 4.69) is 153 Å². The van der Waals surface area contributed by atoms with Crippen molar-refractivity contribution in [3.05, 3.63) is 121 Å². The van der Waals surface area contributed by atoms with E-state index in [1.165, 1.54) is 89.0 Å². The van der Waals surface area contributed by atoms with Crippen LogP contribution in [0.4, 0.5) is 0 Å². The molecule has 2 atom stereocenters. The van der Waals surface area contributed by atoms with E-state index in [0.29, 0.717) is 0 Å². The Balaban J connectivity index is 1.48. The van der Waals surface area contributed by atoms with Gasteiger partial charge in [0, 0.05) is 19.5 Å². The molecule has 4 aromatic rings. The van der Waals surface area contributed by atoms with Crippen molar-refractivity contribution in [1.29, 1.82) is 0 Å². The number of benzene rings is 4. The van der Waals surface area contributed by atoms with Crippen molar-refractivity contribution in [3.63, 3.8) is 0 Å². The Morgan fingerprint density at radius 1 is 0.660 bits per heavy atom. The Morgan fingerprint density at radius 3 is 1.81 bits per heavy atom. The van der Waals surface area contributed by atoms with Crippen LogP contribution in [0.1, 0.15) is 102 Å². The molecule has 1 N–H and O–H groups in total. The van der Waals surface area contributed by atoms with Crippen LogP contribution in [0.2, 0.25) is 13.1 Å². The SMILES string of the molecule is COc1c(C(C)(C)C)cc2c(c1-c1cc(C)cc(C)c1)C=C(C)C2NC1C(C)=Cc2c(-c3cc(C)cc(C=[Si](C)C)c3)cc(C)cc21. The third-order valence-electron chi connectivity index (χ3n) is 9.71. The lowest BCUT2D eigenvalue weighted by molar-refractivity contribution is 0.398. The summed E-state index contributed by atoms with van der Waals surface area (Å²) in [5.41, 5.74) is 23.2. The molecular formula is C44H51NOSi. The molecule has 2 unspecified atom stereocenters. The highest BCUT2D eigenvalue weighted by Crippen LogP contribution is 2.51. The predicted molar refractivity (Wildman–Crippen MR) is 207 cm³/mol. The average Bonchev–Trinajstić information content (AvgIpc) is 3.44. The fourth-order valence-electron chi connectivity index (χ4n) is 7.84. The molecule has 0 saturated carbocycles. The van der Waals surface area contributed by atoms with Gasteiger partial charge in [-0.15, -0.1) is 0 Å². The van der Waals surface area contributed by atoms with Gasteiger partial charge in [-0.25, -0.2) is 0 Å². The number of nitrogens with one attached hydrogen (secondary N) is 1. The second-order valence-corrected chi connectivity index (χ2v) is 17.9. The van der Waals surface area contributed by atoms with Gasteiger partial charge in [0.15, 0.2) is 0 Å². The first kappa shape index (κ1) is 33.1. The minimum Gasteiger partial charge on any atom is -0.496 e. The van der Waals surface area contributed by atoms with Gasteiger partial charge in [0.2, 0.25) is 0 Å². The molecule has 0 bridgehead atoms. The Bertz CT molecular complexity index is 1990. The van der Waals surface area contributed by atoms with Crippen LogP contribution in [0, 0.1) is 27.7 Å². The first-order chi connectivity index (χ1) is 22.1. The van der Waals surface area contributed by atoms with Crippen molar-refractivity contribution in [2.75, 3.05) is 7.11 Å². The number of ether oxygens (including phenoxy) is 1. The zero-order valence-corrected chi connectivity index (χ0v) is 31.5. The summed E-state index contributed by atoms with van der Waals surface area (Å²) in [6.07, 6.45) is 4.82. The third kappa shape index (κ3) is 6.28. The van der Waals surface area contributed by atoms with Gasteiger partial charge in [0.25, 0.3) is 0 Å². The number of aryl methyl sites for hydroxylation is 4. The molecule has 0 spiro atoms. The summed E-state index contributed by atoms with van der Waals surface area (Å²) in [5.74, 6) is 0.989. The maximum atomic E-state index is 6.28. The van der Waals surface area contributed by atoms with Crippen LogP contribution in [0.15, 0.2) is 65.7 Å². The molecule has 0 aliphatic heterocycles. The fourth-order valence-corrected chi connectivity index (χ4v) is 8.67. The van der Waals surface area contributed by atoms with Gasteiger partial charge in [-0.1, -0.05) is 122 Å². The second kappa shape index (κ2) is 12.3. The standard InChI is InChI=1S/C44H51NOSi/c1-25-13-26(2)17-33(16-25)40-36-21-30(6)42(38(36)23-39(43(40)46-10)44(7,8)9)45-41-29(5)20-35-34(18-28(4)19-37(35)41)32-15-27(3)14-31(22-32)24-47(11)12/h13-24,41-42,45H,1-12H3. The van der Waals surface area contributed by atoms with Crippen LogP contribution in [0.3, 0.4) is 0 Å². The van der Waals surface area contributed by atoms with E-state index < -0.39 is 8.41 Å². The van der Waals surface area contributed by atoms with Crippen molar-refractivity contribution >= 4 is 26.2 Å². The van der Waals surface area contributed by atoms with Gasteiger partial charge < -0.3 is 4.74 Å². The molecule has 0 aromatic heterocycles. The Labute approximate surface area is 284 Å². The molecule has 6 rings (SSSR count). The van der Waals surface area contributed by atoms with Gasteiger partial charge in [-0.3, -0.25) is 5.32 Å². The molecule has 47 heavy (non-hydrogen) atoms. The molecule has 3 heteroatoms. The zero-order valence-electron chi connectivity index (χ0n) is 30.5. The lowest BCUT2D eigenvalue weighted by atomic mass is 9.80. The molecule has 4 aromatic carbocycles. The monoisotopic (exact) mass is 637 g/mol. The molecule has 2 nitrogen and oxygen atoms in total. The second-order valence-electron chi connectivity index (χ2n) is 15.4. The first-order valence-electron chi connectivity index (χ1n) is 17.0. The molecule has 0 heterocycles. The summed E-state index contributed by atoms with van der Waals surface area (Å²) in [5, 5.41) is 4.18. The molecule has 2 aliphatic rings. The van der Waals surface area contributed by atoms with Crippen molar-refractivity contribution in [1.82, 2.24) is 5.32 Å². The molecule has 0 radical (unpaired) electrons. The normalized spacial score (nSPS) is 16.9. The summed E-state index contributed by atoms with van der Waals surface area (Å²) < 4.78 is 6.28. The summed E-state index contributed by atoms with van der Waals surface area (Å²) in [6, 6.07) is 21.4. The Hall–Kier alpha value is -3.79. The molecule has 2 aliphatic carbocycles. The van der Waals surface area contributed by atoms with Crippen molar-refractivity contribution in [3.8, 4) is 28.0 Å². The fraction of sp³-hybridized carbons (Fsp3) is 0.341. The van der Waals surface area contributed by atoms with Crippen LogP contribution in [-0.4, -0.2) is 21.2 Å². The van der Waals surface area contributed by atoms with Gasteiger partial charge in [0.1, 0.15) is 5.75 Å². The van der Waals surface area contributed by atoms with E-state index >= 15 is 0 Å². The number of hydrogen-bond donors (Lipinski definition) is 1. The largest absolute Gasteiger partial charge is 0.496 e. The molecule has 0 amide bonds. The van der Waals surface area contributed by atoms with Gasteiger partial charge in [-0.05, 0) is 109 Å². The third-order valence-corrected chi connectivity index (χ3v) is 10.6. The van der Waals surface area contributed by atoms with Crippen molar-refractivity contribution < 1.29 is 4.74 Å². The lowest BCUT2D eigenvalue weighted by Gasteiger charge is -2.29. The van der Waals surface area contributed by atoms with E-state index in [4.69, 9.17) is 4.74 Å². The quantitative estimate of drug-likeness (QED) is 0.212. The highest BCUT2D eigenvalue weighted by atomic mass is 28.2. The van der Waals surface area contributed by atoms with E-state index in [1.807, 2.05) is 7.11 Å². The maximum absolute atomic E-state index is 6.28. The van der Waals surface area contributed by atoms with E-state index in [0.717, 1.165) is 5.75 Å². The van der Waals surface area contributed by atoms with Crippen LogP contribution in [0.5, 0.6) is 5.75 Å². The van der Waals surface area contributed by atoms with Crippen LogP contribution < -0.4 is 10.1 Å². The first-order valence-corrected chi connectivity index (χ1v) is 19.6. The minimum atomic E-state index is -0.482. The number of rotatable bonds is 6. The summed E-state index contributed by atoms with van der Waals surface area (Å²) >= 11 is 0. The van der Waals surface area contributed by atoms with E-state index in [1.54, 1.807) is 0 Å². The topological polar surface area (TPSA) is 21.3 Å². The number of fused-ring (bicyclic) bond motifs is 2. The van der Waals surface area contributed by atoms with Gasteiger partial charge in [-0.2, -0.15) is 0 Å². The summed E-state index contributed by atoms with van der Waals surface area (Å²) in [4.78, 5) is 0. The summed E-state index contributed by atoms with van der Waals surface area (Å²) in [6.45, 7) is 25.0. The molecule has 0 fully saturated rings. The van der Waals surface area contributed by atoms with Crippen molar-refractivity contribution in [2.24, 2.45) is 0 Å². The number of methoxy groups -OCH3 is 1. The van der Waals surface area contributed by atoms with Crippen LogP contribution >= 0.6 is 0 Å².